The monoisotopic (exact) mass is 177 g/mol. The van der Waals surface area contributed by atoms with Gasteiger partial charge in [0.1, 0.15) is 6.04 Å². The molecule has 0 bridgehead atoms. The second-order valence-corrected chi connectivity index (χ2v) is 3.93. The van der Waals surface area contributed by atoms with E-state index in [0.717, 1.165) is 0 Å². The van der Waals surface area contributed by atoms with Gasteiger partial charge in [-0.25, -0.2) is 0 Å². The molecule has 0 fully saturated rings. The van der Waals surface area contributed by atoms with E-state index in [2.05, 4.69) is 54.3 Å². The summed E-state index contributed by atoms with van der Waals surface area (Å²) in [6.45, 7) is 6.38. The van der Waals surface area contributed by atoms with Gasteiger partial charge in [-0.3, -0.25) is 5.01 Å². The van der Waals surface area contributed by atoms with Gasteiger partial charge in [-0.05, 0) is 20.8 Å². The van der Waals surface area contributed by atoms with Gasteiger partial charge in [0.15, 0.2) is 0 Å². The molecule has 2 unspecified atom stereocenters. The Labute approximate surface area is 78.8 Å². The van der Waals surface area contributed by atoms with E-state index in [1.807, 2.05) is 0 Å². The Bertz CT molecular complexity index is 289. The summed E-state index contributed by atoms with van der Waals surface area (Å²) in [6, 6.07) is 1.02. The Kier molecular flexibility index (Phi) is 1.94. The highest BCUT2D eigenvalue weighted by atomic mass is 15.6. The molecule has 0 spiro atoms. The number of hydrogen-bond acceptors (Lipinski definition) is 3. The third-order valence-corrected chi connectivity index (χ3v) is 2.46. The smallest absolute Gasteiger partial charge is 0.117 e. The van der Waals surface area contributed by atoms with Gasteiger partial charge in [-0.15, -0.1) is 0 Å². The fraction of sp³-hybridized carbons (Fsp3) is 0.600. The molecule has 0 aromatic heterocycles. The van der Waals surface area contributed by atoms with Gasteiger partial charge in [-0.2, -0.15) is 5.11 Å². The van der Waals surface area contributed by atoms with E-state index in [9.17, 15) is 0 Å². The third kappa shape index (κ3) is 1.39. The van der Waals surface area contributed by atoms with Gasteiger partial charge in [0.2, 0.25) is 0 Å². The summed E-state index contributed by atoms with van der Waals surface area (Å²) in [6.07, 6.45) is 6.52. The van der Waals surface area contributed by atoms with Crippen molar-refractivity contribution in [2.24, 2.45) is 10.3 Å². The lowest BCUT2D eigenvalue weighted by atomic mass is 9.99. The Morgan fingerprint density at radius 3 is 2.92 bits per heavy atom. The van der Waals surface area contributed by atoms with E-state index in [0.29, 0.717) is 12.1 Å². The molecule has 3 nitrogen and oxygen atoms in total. The number of hydrogen-bond donors (Lipinski definition) is 0. The highest BCUT2D eigenvalue weighted by Crippen LogP contribution is 2.26. The molecule has 0 radical (unpaired) electrons. The summed E-state index contributed by atoms with van der Waals surface area (Å²) in [5, 5.41) is 10.5. The van der Waals surface area contributed by atoms with Crippen molar-refractivity contribution in [3.8, 4) is 0 Å². The predicted octanol–water partition coefficient (Wildman–Crippen LogP) is 2.33. The first-order valence-electron chi connectivity index (χ1n) is 4.74. The van der Waals surface area contributed by atoms with Gasteiger partial charge in [0.25, 0.3) is 0 Å². The van der Waals surface area contributed by atoms with Crippen LogP contribution in [0.1, 0.15) is 20.8 Å². The van der Waals surface area contributed by atoms with Crippen LogP contribution in [-0.4, -0.2) is 23.1 Å². The van der Waals surface area contributed by atoms with Crippen LogP contribution in [0.15, 0.2) is 34.1 Å². The highest BCUT2D eigenvalue weighted by molar-refractivity contribution is 5.28. The zero-order valence-corrected chi connectivity index (χ0v) is 8.31. The van der Waals surface area contributed by atoms with Crippen LogP contribution in [0.4, 0.5) is 0 Å². The maximum Gasteiger partial charge on any atom is 0.117 e. The van der Waals surface area contributed by atoms with E-state index in [4.69, 9.17) is 0 Å². The lowest BCUT2D eigenvalue weighted by Crippen LogP contribution is -2.37. The Balaban J connectivity index is 2.20. The van der Waals surface area contributed by atoms with Gasteiger partial charge in [0, 0.05) is 6.04 Å². The minimum absolute atomic E-state index is 0.243. The van der Waals surface area contributed by atoms with Crippen LogP contribution in [0.5, 0.6) is 0 Å². The van der Waals surface area contributed by atoms with Crippen molar-refractivity contribution in [1.82, 2.24) is 5.01 Å². The summed E-state index contributed by atoms with van der Waals surface area (Å²) in [5.41, 5.74) is 1.28. The first-order valence-corrected chi connectivity index (χ1v) is 4.74. The van der Waals surface area contributed by atoms with Crippen LogP contribution in [0.2, 0.25) is 0 Å². The van der Waals surface area contributed by atoms with E-state index >= 15 is 0 Å². The molecular weight excluding hydrogens is 162 g/mol. The number of nitrogens with zero attached hydrogens (tertiary/aromatic N) is 3. The molecule has 0 saturated heterocycles. The largest absolute Gasteiger partial charge is 0.267 e. The Morgan fingerprint density at radius 1 is 1.46 bits per heavy atom. The number of allylic oxidation sites excluding steroid dienone is 2. The SMILES string of the molecule is CC1=CC2N=NN(C(C)C)C2C=C1. The van der Waals surface area contributed by atoms with Crippen LogP contribution in [0.3, 0.4) is 0 Å². The molecule has 0 N–H and O–H groups in total. The highest BCUT2D eigenvalue weighted by Gasteiger charge is 2.31. The Hall–Kier alpha value is -1.12. The standard InChI is InChI=1S/C10H15N3/c1-7(2)13-10-5-4-8(3)6-9(10)11-12-13/h4-7,9-10H,1-3H3. The lowest BCUT2D eigenvalue weighted by Gasteiger charge is -2.26. The molecule has 1 heterocycles. The average molecular weight is 177 g/mol. The van der Waals surface area contributed by atoms with Crippen molar-refractivity contribution in [2.45, 2.75) is 38.9 Å². The predicted molar refractivity (Wildman–Crippen MR) is 52.3 cm³/mol. The quantitative estimate of drug-likeness (QED) is 0.604. The van der Waals surface area contributed by atoms with Crippen molar-refractivity contribution >= 4 is 0 Å². The summed E-state index contributed by atoms with van der Waals surface area (Å²) in [7, 11) is 0. The molecule has 1 aliphatic carbocycles. The van der Waals surface area contributed by atoms with Crippen LogP contribution in [-0.2, 0) is 0 Å². The van der Waals surface area contributed by atoms with Crippen molar-refractivity contribution in [2.75, 3.05) is 0 Å². The van der Waals surface area contributed by atoms with Crippen molar-refractivity contribution in [3.63, 3.8) is 0 Å². The molecule has 70 valence electrons. The van der Waals surface area contributed by atoms with Crippen LogP contribution in [0, 0.1) is 0 Å². The molecule has 2 rings (SSSR count). The third-order valence-electron chi connectivity index (χ3n) is 2.46. The van der Waals surface area contributed by atoms with Gasteiger partial charge >= 0.3 is 0 Å². The van der Waals surface area contributed by atoms with Gasteiger partial charge in [-0.1, -0.05) is 29.0 Å². The van der Waals surface area contributed by atoms with Crippen molar-refractivity contribution < 1.29 is 0 Å². The lowest BCUT2D eigenvalue weighted by molar-refractivity contribution is 0.209. The first-order chi connectivity index (χ1) is 6.18. The van der Waals surface area contributed by atoms with E-state index < -0.39 is 0 Å². The summed E-state index contributed by atoms with van der Waals surface area (Å²) >= 11 is 0. The minimum atomic E-state index is 0.243. The zero-order chi connectivity index (χ0) is 9.42. The van der Waals surface area contributed by atoms with Crippen LogP contribution >= 0.6 is 0 Å². The maximum atomic E-state index is 4.23. The molecule has 2 aliphatic rings. The molecule has 0 aromatic carbocycles. The normalized spacial score (nSPS) is 31.1. The number of rotatable bonds is 1. The van der Waals surface area contributed by atoms with Gasteiger partial charge < -0.3 is 0 Å². The van der Waals surface area contributed by atoms with E-state index in [1.54, 1.807) is 0 Å². The Morgan fingerprint density at radius 2 is 2.23 bits per heavy atom. The molecule has 3 heteroatoms. The molecule has 0 saturated carbocycles. The maximum absolute atomic E-state index is 4.23. The van der Waals surface area contributed by atoms with Gasteiger partial charge in [0.05, 0.1) is 6.04 Å². The summed E-state index contributed by atoms with van der Waals surface area (Å²) < 4.78 is 0. The number of fused-ring (bicyclic) bond motifs is 1. The molecule has 2 atom stereocenters. The molecule has 13 heavy (non-hydrogen) atoms. The van der Waals surface area contributed by atoms with E-state index in [1.165, 1.54) is 5.57 Å². The summed E-state index contributed by atoms with van der Waals surface area (Å²) in [5.74, 6) is 0. The van der Waals surface area contributed by atoms with Crippen LogP contribution < -0.4 is 0 Å². The first kappa shape index (κ1) is 8.48. The molecular formula is C10H15N3. The zero-order valence-electron chi connectivity index (χ0n) is 8.31. The minimum Gasteiger partial charge on any atom is -0.267 e. The average Bonchev–Trinajstić information content (AvgIpc) is 2.46. The van der Waals surface area contributed by atoms with E-state index in [-0.39, 0.29) is 6.04 Å². The fourth-order valence-electron chi connectivity index (χ4n) is 1.76. The van der Waals surface area contributed by atoms with Crippen molar-refractivity contribution in [3.05, 3.63) is 23.8 Å². The second-order valence-electron chi connectivity index (χ2n) is 3.93. The van der Waals surface area contributed by atoms with Crippen molar-refractivity contribution in [1.29, 1.82) is 0 Å². The molecule has 0 amide bonds. The molecule has 1 aliphatic heterocycles. The van der Waals surface area contributed by atoms with Crippen LogP contribution in [0.25, 0.3) is 0 Å². The molecule has 0 aromatic rings. The topological polar surface area (TPSA) is 28.0 Å². The summed E-state index contributed by atoms with van der Waals surface area (Å²) in [4.78, 5) is 0. The fourth-order valence-corrected chi connectivity index (χ4v) is 1.76. The second kappa shape index (κ2) is 2.98.